The highest BCUT2D eigenvalue weighted by Gasteiger charge is 2.36. The molecule has 9 nitrogen and oxygen atoms in total. The molecule has 10 heteroatoms. The lowest BCUT2D eigenvalue weighted by molar-refractivity contribution is -0.118. The summed E-state index contributed by atoms with van der Waals surface area (Å²) in [6.45, 7) is 2.17. The van der Waals surface area contributed by atoms with Crippen LogP contribution in [0.25, 0.3) is 0 Å². The van der Waals surface area contributed by atoms with E-state index in [0.29, 0.717) is 17.6 Å². The third kappa shape index (κ3) is 3.96. The third-order valence-corrected chi connectivity index (χ3v) is 5.07. The van der Waals surface area contributed by atoms with E-state index in [1.165, 1.54) is 20.3 Å². The van der Waals surface area contributed by atoms with Crippen molar-refractivity contribution in [3.05, 3.63) is 44.5 Å². The minimum atomic E-state index is -0.535. The van der Waals surface area contributed by atoms with Gasteiger partial charge in [-0.1, -0.05) is 18.7 Å². The van der Waals surface area contributed by atoms with Crippen LogP contribution in [-0.4, -0.2) is 32.2 Å². The molecule has 0 aromatic carbocycles. The van der Waals surface area contributed by atoms with Crippen LogP contribution in [0.4, 0.5) is 0 Å². The number of hydrogen-bond donors (Lipinski definition) is 1. The Bertz CT molecular complexity index is 974. The summed E-state index contributed by atoms with van der Waals surface area (Å²) in [6, 6.07) is 3.73. The quantitative estimate of drug-likeness (QED) is 0.444. The highest BCUT2D eigenvalue weighted by atomic mass is 32.2. The maximum absolute atomic E-state index is 11.9. The Labute approximate surface area is 153 Å². The first-order valence-corrected chi connectivity index (χ1v) is 9.04. The van der Waals surface area contributed by atoms with Crippen LogP contribution in [-0.2, 0) is 18.9 Å². The van der Waals surface area contributed by atoms with Crippen molar-refractivity contribution >= 4 is 23.9 Å². The number of rotatable bonds is 6. The molecule has 0 radical (unpaired) electrons. The molecule has 3 rings (SSSR count). The second-order valence-corrected chi connectivity index (χ2v) is 7.18. The zero-order valence-electron chi connectivity index (χ0n) is 14.6. The van der Waals surface area contributed by atoms with Crippen molar-refractivity contribution in [1.29, 1.82) is 0 Å². The number of thioether (sulfide) groups is 1. The van der Waals surface area contributed by atoms with E-state index in [1.807, 2.05) is 12.1 Å². The number of nitrogens with one attached hydrogen (secondary N) is 1. The summed E-state index contributed by atoms with van der Waals surface area (Å²) in [5, 5.41) is 7.78. The molecule has 0 bridgehead atoms. The van der Waals surface area contributed by atoms with E-state index >= 15 is 0 Å². The molecule has 138 valence electrons. The Morgan fingerprint density at radius 1 is 1.46 bits per heavy atom. The zero-order valence-corrected chi connectivity index (χ0v) is 15.4. The second kappa shape index (κ2) is 7.32. The van der Waals surface area contributed by atoms with Gasteiger partial charge in [0, 0.05) is 20.0 Å². The molecule has 0 spiro atoms. The first kappa shape index (κ1) is 18.2. The van der Waals surface area contributed by atoms with E-state index in [-0.39, 0.29) is 10.8 Å². The van der Waals surface area contributed by atoms with E-state index in [1.54, 1.807) is 0 Å². The summed E-state index contributed by atoms with van der Waals surface area (Å²) in [5.41, 5.74) is 1.31. The summed E-state index contributed by atoms with van der Waals surface area (Å²) in [5.74, 6) is 2.20. The number of carbonyl (C=O) groups is 1. The fourth-order valence-electron chi connectivity index (χ4n) is 2.45. The largest absolute Gasteiger partial charge is 0.460 e. The number of aryl methyl sites for hydroxylation is 1. The predicted molar refractivity (Wildman–Crippen MR) is 96.4 cm³/mol. The van der Waals surface area contributed by atoms with Gasteiger partial charge in [0.25, 0.3) is 5.56 Å². The van der Waals surface area contributed by atoms with E-state index < -0.39 is 17.2 Å². The van der Waals surface area contributed by atoms with Crippen LogP contribution in [0.1, 0.15) is 30.8 Å². The van der Waals surface area contributed by atoms with Crippen molar-refractivity contribution in [1.82, 2.24) is 19.8 Å². The van der Waals surface area contributed by atoms with Crippen molar-refractivity contribution in [3.63, 3.8) is 0 Å². The number of nitrogens with zero attached hydrogens (tertiary/aromatic N) is 4. The highest BCUT2D eigenvalue weighted by Crippen LogP contribution is 2.47. The number of hydrazone groups is 1. The zero-order chi connectivity index (χ0) is 18.8. The average Bonchev–Trinajstić information content (AvgIpc) is 3.15. The molecule has 0 unspecified atom stereocenters. The van der Waals surface area contributed by atoms with Gasteiger partial charge in [-0.3, -0.25) is 14.2 Å². The number of aromatic nitrogens is 3. The Hall–Kier alpha value is -2.62. The topological polar surface area (TPSA) is 111 Å². The second-order valence-electron chi connectivity index (χ2n) is 6.22. The van der Waals surface area contributed by atoms with Crippen LogP contribution in [0, 0.1) is 5.92 Å². The third-order valence-electron chi connectivity index (χ3n) is 4.14. The summed E-state index contributed by atoms with van der Waals surface area (Å²) in [4.78, 5) is 35.3. The van der Waals surface area contributed by atoms with Gasteiger partial charge in [-0.2, -0.15) is 10.2 Å². The molecule has 1 saturated carbocycles. The Balaban J connectivity index is 1.52. The molecular formula is C16H19N5O4S. The van der Waals surface area contributed by atoms with Crippen molar-refractivity contribution in [2.24, 2.45) is 25.1 Å². The van der Waals surface area contributed by atoms with Gasteiger partial charge in [0.05, 0.1) is 12.0 Å². The fourth-order valence-corrected chi connectivity index (χ4v) is 3.22. The van der Waals surface area contributed by atoms with Gasteiger partial charge in [0.1, 0.15) is 11.5 Å². The molecule has 1 N–H and O–H groups in total. The molecule has 0 saturated heterocycles. The SMILES string of the molecule is C[C@H]1C[C@@H]1c1ccc(/C=N\NC(=O)CSc2nn(C)c(=O)n(C)c2=O)o1. The maximum Gasteiger partial charge on any atom is 0.346 e. The lowest BCUT2D eigenvalue weighted by Crippen LogP contribution is -2.39. The molecule has 2 atom stereocenters. The van der Waals surface area contributed by atoms with Crippen LogP contribution in [0.15, 0.2) is 36.3 Å². The van der Waals surface area contributed by atoms with Crippen molar-refractivity contribution in [2.45, 2.75) is 24.3 Å². The number of amides is 1. The molecule has 1 fully saturated rings. The lowest BCUT2D eigenvalue weighted by atomic mass is 10.3. The smallest absolute Gasteiger partial charge is 0.346 e. The van der Waals surface area contributed by atoms with Crippen molar-refractivity contribution in [3.8, 4) is 0 Å². The van der Waals surface area contributed by atoms with Gasteiger partial charge < -0.3 is 4.42 Å². The summed E-state index contributed by atoms with van der Waals surface area (Å²) < 4.78 is 7.65. The van der Waals surface area contributed by atoms with Crippen LogP contribution >= 0.6 is 11.8 Å². The van der Waals surface area contributed by atoms with Crippen LogP contribution in [0.2, 0.25) is 0 Å². The van der Waals surface area contributed by atoms with Gasteiger partial charge in [0.2, 0.25) is 5.91 Å². The Morgan fingerprint density at radius 2 is 2.19 bits per heavy atom. The van der Waals surface area contributed by atoms with E-state index in [2.05, 4.69) is 22.5 Å². The minimum Gasteiger partial charge on any atom is -0.460 e. The molecule has 1 amide bonds. The molecule has 2 aromatic heterocycles. The lowest BCUT2D eigenvalue weighted by Gasteiger charge is -2.04. The summed E-state index contributed by atoms with van der Waals surface area (Å²) in [7, 11) is 2.80. The first-order valence-electron chi connectivity index (χ1n) is 8.05. The van der Waals surface area contributed by atoms with Gasteiger partial charge in [-0.25, -0.2) is 14.9 Å². The summed E-state index contributed by atoms with van der Waals surface area (Å²) in [6.07, 6.45) is 2.57. The van der Waals surface area contributed by atoms with Crippen LogP contribution < -0.4 is 16.7 Å². The predicted octanol–water partition coefficient (Wildman–Crippen LogP) is 0.438. The van der Waals surface area contributed by atoms with Gasteiger partial charge in [0.15, 0.2) is 5.03 Å². The van der Waals surface area contributed by atoms with Crippen molar-refractivity contribution in [2.75, 3.05) is 5.75 Å². The van der Waals surface area contributed by atoms with Gasteiger partial charge in [-0.15, -0.1) is 0 Å². The van der Waals surface area contributed by atoms with Crippen LogP contribution in [0.3, 0.4) is 0 Å². The van der Waals surface area contributed by atoms with E-state index in [0.717, 1.165) is 33.2 Å². The Kier molecular flexibility index (Phi) is 5.12. The number of furan rings is 1. The maximum atomic E-state index is 11.9. The molecule has 26 heavy (non-hydrogen) atoms. The fraction of sp³-hybridized carbons (Fsp3) is 0.438. The molecular weight excluding hydrogens is 358 g/mol. The van der Waals surface area contributed by atoms with Crippen molar-refractivity contribution < 1.29 is 9.21 Å². The van der Waals surface area contributed by atoms with E-state index in [4.69, 9.17) is 4.42 Å². The normalized spacial score (nSPS) is 19.0. The standard InChI is InChI=1S/C16H19N5O4S/c1-9-6-11(9)12-5-4-10(25-12)7-17-18-13(22)8-26-14-15(23)20(2)16(24)21(3)19-14/h4-5,7,9,11H,6,8H2,1-3H3,(H,18,22)/b17-7-/t9-,11-/m0/s1. The molecule has 1 aliphatic rings. The highest BCUT2D eigenvalue weighted by molar-refractivity contribution is 7.99. The first-order chi connectivity index (χ1) is 12.4. The Morgan fingerprint density at radius 3 is 2.88 bits per heavy atom. The molecule has 0 aliphatic heterocycles. The van der Waals surface area contributed by atoms with Gasteiger partial charge in [-0.05, 0) is 24.5 Å². The van der Waals surface area contributed by atoms with Gasteiger partial charge >= 0.3 is 5.69 Å². The molecule has 2 heterocycles. The molecule has 1 aliphatic carbocycles. The summed E-state index contributed by atoms with van der Waals surface area (Å²) >= 11 is 0.941. The van der Waals surface area contributed by atoms with Crippen LogP contribution in [0.5, 0.6) is 0 Å². The average molecular weight is 377 g/mol. The monoisotopic (exact) mass is 377 g/mol. The van der Waals surface area contributed by atoms with E-state index in [9.17, 15) is 14.4 Å². The molecule has 2 aromatic rings. The number of carbonyl (C=O) groups excluding carboxylic acids is 1. The number of hydrogen-bond acceptors (Lipinski definition) is 7. The minimum absolute atomic E-state index is 0.0548.